The van der Waals surface area contributed by atoms with Crippen LogP contribution in [0.15, 0.2) is 54.6 Å². The fourth-order valence-electron chi connectivity index (χ4n) is 2.62. The lowest BCUT2D eigenvalue weighted by atomic mass is 10.1. The first kappa shape index (κ1) is 22.7. The third kappa shape index (κ3) is 9.27. The molecular weight excluding hydrogens is 362 g/mol. The average molecular weight is 390 g/mol. The maximum Gasteiger partial charge on any atom is 0.304 e. The summed E-state index contributed by atoms with van der Waals surface area (Å²) in [5.74, 6) is 0.145. The zero-order chi connectivity index (χ0) is 18.6. The fourth-order valence-corrected chi connectivity index (χ4v) is 2.62. The summed E-state index contributed by atoms with van der Waals surface area (Å²) in [6.45, 7) is 3.89. The number of carboxylic acid groups (broad SMARTS) is 1. The van der Waals surface area contributed by atoms with Gasteiger partial charge in [-0.05, 0) is 48.6 Å². The van der Waals surface area contributed by atoms with Crippen LogP contribution in [0.5, 0.6) is 5.75 Å². The van der Waals surface area contributed by atoms with E-state index < -0.39 is 5.97 Å². The van der Waals surface area contributed by atoms with Gasteiger partial charge in [-0.15, -0.1) is 12.4 Å². The first-order valence-corrected chi connectivity index (χ1v) is 9.01. The standard InChI is InChI=1S/C22H27NO3.ClH/c1-18-17-20(9-5-14-23-15-13-22(24)25)11-12-21(18)26-16-6-10-19-7-3-2-4-8-19;/h2-5,7-9,11-12,17,23H,6,10,13-16H2,1H3,(H,24,25);1H/b9-5+;. The highest BCUT2D eigenvalue weighted by atomic mass is 35.5. The average Bonchev–Trinajstić information content (AvgIpc) is 2.63. The van der Waals surface area contributed by atoms with E-state index in [1.54, 1.807) is 0 Å². The molecule has 0 aromatic heterocycles. The van der Waals surface area contributed by atoms with Crippen molar-refractivity contribution in [3.63, 3.8) is 0 Å². The summed E-state index contributed by atoms with van der Waals surface area (Å²) < 4.78 is 5.90. The highest BCUT2D eigenvalue weighted by Gasteiger charge is 2.01. The van der Waals surface area contributed by atoms with E-state index in [9.17, 15) is 4.79 Å². The third-order valence-corrected chi connectivity index (χ3v) is 4.00. The van der Waals surface area contributed by atoms with E-state index in [1.807, 2.05) is 30.4 Å². The van der Waals surface area contributed by atoms with Gasteiger partial charge in [0.1, 0.15) is 5.75 Å². The first-order chi connectivity index (χ1) is 12.6. The van der Waals surface area contributed by atoms with Crippen LogP contribution in [0.25, 0.3) is 6.08 Å². The van der Waals surface area contributed by atoms with Crippen molar-refractivity contribution < 1.29 is 14.6 Å². The Balaban J connectivity index is 0.00000364. The molecule has 0 aliphatic heterocycles. The van der Waals surface area contributed by atoms with Crippen molar-refractivity contribution in [1.82, 2.24) is 5.32 Å². The molecule has 0 spiro atoms. The number of aliphatic carboxylic acids is 1. The lowest BCUT2D eigenvalue weighted by Crippen LogP contribution is -2.17. The van der Waals surface area contributed by atoms with Gasteiger partial charge in [-0.25, -0.2) is 0 Å². The summed E-state index contributed by atoms with van der Waals surface area (Å²) in [6, 6.07) is 16.6. The second-order valence-corrected chi connectivity index (χ2v) is 6.21. The molecule has 146 valence electrons. The summed E-state index contributed by atoms with van der Waals surface area (Å²) in [6.07, 6.45) is 6.18. The van der Waals surface area contributed by atoms with E-state index >= 15 is 0 Å². The van der Waals surface area contributed by atoms with E-state index in [0.717, 1.165) is 29.7 Å². The minimum Gasteiger partial charge on any atom is -0.493 e. The molecule has 2 aromatic rings. The Hall–Kier alpha value is -2.30. The van der Waals surface area contributed by atoms with Gasteiger partial charge in [-0.2, -0.15) is 0 Å². The molecular formula is C22H28ClNO3. The van der Waals surface area contributed by atoms with Crippen molar-refractivity contribution >= 4 is 24.5 Å². The molecule has 0 fully saturated rings. The number of benzene rings is 2. The fraction of sp³-hybridized carbons (Fsp3) is 0.318. The molecule has 2 N–H and O–H groups in total. The molecule has 2 rings (SSSR count). The van der Waals surface area contributed by atoms with E-state index in [1.165, 1.54) is 5.56 Å². The van der Waals surface area contributed by atoms with Crippen LogP contribution in [0.1, 0.15) is 29.5 Å². The quantitative estimate of drug-likeness (QED) is 0.555. The molecule has 0 aliphatic carbocycles. The van der Waals surface area contributed by atoms with Crippen molar-refractivity contribution in [3.05, 3.63) is 71.3 Å². The van der Waals surface area contributed by atoms with Crippen molar-refractivity contribution in [1.29, 1.82) is 0 Å². The number of hydrogen-bond acceptors (Lipinski definition) is 3. The summed E-state index contributed by atoms with van der Waals surface area (Å²) in [4.78, 5) is 10.4. The minimum absolute atomic E-state index is 0. The lowest BCUT2D eigenvalue weighted by Gasteiger charge is -2.10. The van der Waals surface area contributed by atoms with Gasteiger partial charge < -0.3 is 15.2 Å². The third-order valence-electron chi connectivity index (χ3n) is 4.00. The summed E-state index contributed by atoms with van der Waals surface area (Å²) in [5, 5.41) is 11.6. The van der Waals surface area contributed by atoms with Gasteiger partial charge in [0.05, 0.1) is 13.0 Å². The van der Waals surface area contributed by atoms with E-state index in [2.05, 4.69) is 42.6 Å². The lowest BCUT2D eigenvalue weighted by molar-refractivity contribution is -0.136. The Bertz CT molecular complexity index is 717. The second kappa shape index (κ2) is 13.0. The molecule has 5 heteroatoms. The monoisotopic (exact) mass is 389 g/mol. The Morgan fingerprint density at radius 1 is 1.19 bits per heavy atom. The predicted octanol–water partition coefficient (Wildman–Crippen LogP) is 4.51. The molecule has 27 heavy (non-hydrogen) atoms. The molecule has 0 amide bonds. The maximum atomic E-state index is 10.4. The van der Waals surface area contributed by atoms with Gasteiger partial charge in [-0.3, -0.25) is 4.79 Å². The molecule has 0 atom stereocenters. The molecule has 0 saturated heterocycles. The van der Waals surface area contributed by atoms with Crippen molar-refractivity contribution in [2.24, 2.45) is 0 Å². The highest BCUT2D eigenvalue weighted by molar-refractivity contribution is 5.85. The second-order valence-electron chi connectivity index (χ2n) is 6.21. The molecule has 0 bridgehead atoms. The predicted molar refractivity (Wildman–Crippen MR) is 113 cm³/mol. The number of carboxylic acids is 1. The van der Waals surface area contributed by atoms with Crippen LogP contribution in [0.2, 0.25) is 0 Å². The van der Waals surface area contributed by atoms with E-state index in [-0.39, 0.29) is 18.8 Å². The van der Waals surface area contributed by atoms with Gasteiger partial charge in [0.2, 0.25) is 0 Å². The van der Waals surface area contributed by atoms with Gasteiger partial charge in [-0.1, -0.05) is 48.6 Å². The van der Waals surface area contributed by atoms with E-state index in [0.29, 0.717) is 19.7 Å². The van der Waals surface area contributed by atoms with Crippen molar-refractivity contribution in [2.45, 2.75) is 26.2 Å². The van der Waals surface area contributed by atoms with Crippen LogP contribution < -0.4 is 10.1 Å². The molecule has 0 aliphatic rings. The van der Waals surface area contributed by atoms with Crippen LogP contribution >= 0.6 is 12.4 Å². The van der Waals surface area contributed by atoms with Crippen LogP contribution in [0, 0.1) is 6.92 Å². The van der Waals surface area contributed by atoms with Crippen LogP contribution in [0.4, 0.5) is 0 Å². The molecule has 2 aromatic carbocycles. The molecule has 0 heterocycles. The Labute approximate surface area is 167 Å². The Morgan fingerprint density at radius 3 is 2.67 bits per heavy atom. The molecule has 0 radical (unpaired) electrons. The van der Waals surface area contributed by atoms with Crippen LogP contribution in [-0.2, 0) is 11.2 Å². The van der Waals surface area contributed by atoms with Gasteiger partial charge in [0.25, 0.3) is 0 Å². The topological polar surface area (TPSA) is 58.6 Å². The minimum atomic E-state index is -0.781. The Kier molecular flexibility index (Phi) is 10.9. The van der Waals surface area contributed by atoms with Crippen molar-refractivity contribution in [2.75, 3.05) is 19.7 Å². The van der Waals surface area contributed by atoms with E-state index in [4.69, 9.17) is 9.84 Å². The number of hydrogen-bond donors (Lipinski definition) is 2. The number of nitrogens with one attached hydrogen (secondary N) is 1. The largest absolute Gasteiger partial charge is 0.493 e. The molecule has 0 unspecified atom stereocenters. The highest BCUT2D eigenvalue weighted by Crippen LogP contribution is 2.20. The summed E-state index contributed by atoms with van der Waals surface area (Å²) in [7, 11) is 0. The number of carbonyl (C=O) groups is 1. The SMILES string of the molecule is Cc1cc(/C=C/CNCCC(=O)O)ccc1OCCCc1ccccc1.Cl. The number of aryl methyl sites for hydroxylation is 2. The smallest absolute Gasteiger partial charge is 0.304 e. The van der Waals surface area contributed by atoms with Gasteiger partial charge >= 0.3 is 5.97 Å². The maximum absolute atomic E-state index is 10.4. The van der Waals surface area contributed by atoms with Gasteiger partial charge in [0.15, 0.2) is 0 Å². The number of ether oxygens (including phenoxy) is 1. The van der Waals surface area contributed by atoms with Crippen molar-refractivity contribution in [3.8, 4) is 5.75 Å². The Morgan fingerprint density at radius 2 is 1.96 bits per heavy atom. The first-order valence-electron chi connectivity index (χ1n) is 9.01. The number of rotatable bonds is 11. The zero-order valence-corrected chi connectivity index (χ0v) is 16.5. The summed E-state index contributed by atoms with van der Waals surface area (Å²) >= 11 is 0. The normalized spacial score (nSPS) is 10.6. The molecule has 4 nitrogen and oxygen atoms in total. The summed E-state index contributed by atoms with van der Waals surface area (Å²) in [5.41, 5.74) is 3.56. The number of halogens is 1. The van der Waals surface area contributed by atoms with Crippen LogP contribution in [0.3, 0.4) is 0 Å². The molecule has 0 saturated carbocycles. The van der Waals surface area contributed by atoms with Crippen LogP contribution in [-0.4, -0.2) is 30.8 Å². The van der Waals surface area contributed by atoms with Gasteiger partial charge in [0, 0.05) is 13.1 Å². The zero-order valence-electron chi connectivity index (χ0n) is 15.7.